The Morgan fingerprint density at radius 1 is 0.667 bits per heavy atom. The van der Waals surface area contributed by atoms with E-state index in [1.165, 1.54) is 62.8 Å². The fourth-order valence-electron chi connectivity index (χ4n) is 4.20. The van der Waals surface area contributed by atoms with E-state index in [0.717, 1.165) is 30.2 Å². The summed E-state index contributed by atoms with van der Waals surface area (Å²) in [4.78, 5) is 36.5. The van der Waals surface area contributed by atoms with E-state index in [-0.39, 0.29) is 22.8 Å². The Labute approximate surface area is 238 Å². The van der Waals surface area contributed by atoms with Crippen molar-refractivity contribution < 1.29 is 29.0 Å². The Morgan fingerprint density at radius 2 is 1.26 bits per heavy atom. The summed E-state index contributed by atoms with van der Waals surface area (Å²) in [6.07, 6.45) is 10.8. The maximum absolute atomic E-state index is 12.8. The molecule has 1 N–H and O–H groups in total. The van der Waals surface area contributed by atoms with Crippen LogP contribution < -0.4 is 9.47 Å². The summed E-state index contributed by atoms with van der Waals surface area (Å²) in [5.74, 6) is -1.54. The van der Waals surface area contributed by atoms with Gasteiger partial charge in [-0.2, -0.15) is 0 Å². The topological polar surface area (TPSA) is 89.9 Å². The third-order valence-corrected chi connectivity index (χ3v) is 6.91. The van der Waals surface area contributed by atoms with E-state index in [4.69, 9.17) is 9.47 Å². The Hall–Kier alpha value is -3.45. The van der Waals surface area contributed by atoms with Gasteiger partial charge in [0.15, 0.2) is 0 Å². The van der Waals surface area contributed by atoms with E-state index < -0.39 is 11.9 Å². The van der Waals surface area contributed by atoms with Crippen LogP contribution in [0, 0.1) is 0 Å². The summed E-state index contributed by atoms with van der Waals surface area (Å²) >= 11 is 3.46. The molecule has 206 valence electrons. The number of carbonyl (C=O) groups excluding carboxylic acids is 2. The average Bonchev–Trinajstić information content (AvgIpc) is 2.94. The number of rotatable bonds is 16. The van der Waals surface area contributed by atoms with Crippen LogP contribution in [0.1, 0.15) is 84.9 Å². The fraction of sp³-hybridized carbons (Fsp3) is 0.344. The second kappa shape index (κ2) is 16.5. The van der Waals surface area contributed by atoms with Crippen molar-refractivity contribution in [1.29, 1.82) is 0 Å². The molecular formula is C32H35BrO6. The van der Waals surface area contributed by atoms with Crippen LogP contribution in [-0.4, -0.2) is 28.3 Å². The summed E-state index contributed by atoms with van der Waals surface area (Å²) in [7, 11) is 0. The van der Waals surface area contributed by atoms with Gasteiger partial charge in [-0.25, -0.2) is 9.59 Å². The molecule has 7 heteroatoms. The number of benzene rings is 3. The molecule has 6 nitrogen and oxygen atoms in total. The van der Waals surface area contributed by atoms with Crippen LogP contribution in [0.3, 0.4) is 0 Å². The number of hydrogen-bond acceptors (Lipinski definition) is 5. The van der Waals surface area contributed by atoms with E-state index in [1.807, 2.05) is 30.3 Å². The van der Waals surface area contributed by atoms with E-state index >= 15 is 0 Å². The number of aromatic carboxylic acids is 1. The zero-order valence-electron chi connectivity index (χ0n) is 22.1. The van der Waals surface area contributed by atoms with Crippen molar-refractivity contribution in [2.75, 3.05) is 5.33 Å². The van der Waals surface area contributed by atoms with Gasteiger partial charge in [0.05, 0.1) is 11.1 Å². The molecule has 0 bridgehead atoms. The summed E-state index contributed by atoms with van der Waals surface area (Å²) in [5.41, 5.74) is 1.66. The molecule has 3 aromatic rings. The van der Waals surface area contributed by atoms with E-state index in [2.05, 4.69) is 15.9 Å². The van der Waals surface area contributed by atoms with Crippen molar-refractivity contribution in [3.63, 3.8) is 0 Å². The minimum absolute atomic E-state index is 0.0145. The summed E-state index contributed by atoms with van der Waals surface area (Å²) in [5, 5.41) is 10.5. The van der Waals surface area contributed by atoms with Crippen molar-refractivity contribution in [1.82, 2.24) is 0 Å². The van der Waals surface area contributed by atoms with Crippen molar-refractivity contribution >= 4 is 33.8 Å². The number of alkyl halides is 1. The number of hydrogen-bond donors (Lipinski definition) is 1. The third-order valence-electron chi connectivity index (χ3n) is 6.35. The molecule has 3 rings (SSSR count). The van der Waals surface area contributed by atoms with E-state index in [1.54, 1.807) is 18.2 Å². The molecule has 0 saturated carbocycles. The average molecular weight is 596 g/mol. The van der Waals surface area contributed by atoms with Gasteiger partial charge >= 0.3 is 17.9 Å². The summed E-state index contributed by atoms with van der Waals surface area (Å²) in [6.45, 7) is 0. The number of carbonyl (C=O) groups is 3. The normalized spacial score (nSPS) is 10.7. The Kier molecular flexibility index (Phi) is 12.7. The number of halogens is 1. The molecule has 0 fully saturated rings. The minimum atomic E-state index is -1.12. The number of carboxylic acid groups (broad SMARTS) is 1. The molecule has 0 saturated heterocycles. The molecule has 3 aromatic carbocycles. The van der Waals surface area contributed by atoms with Crippen molar-refractivity contribution in [2.24, 2.45) is 0 Å². The van der Waals surface area contributed by atoms with Crippen LogP contribution in [0.25, 0.3) is 11.1 Å². The molecule has 0 radical (unpaired) electrons. The van der Waals surface area contributed by atoms with Gasteiger partial charge in [0, 0.05) is 17.3 Å². The lowest BCUT2D eigenvalue weighted by Gasteiger charge is -2.12. The molecule has 0 aliphatic rings. The maximum atomic E-state index is 12.8. The second-order valence-electron chi connectivity index (χ2n) is 9.39. The van der Waals surface area contributed by atoms with Crippen LogP contribution in [0.4, 0.5) is 0 Å². The van der Waals surface area contributed by atoms with Gasteiger partial charge in [0.25, 0.3) is 0 Å². The van der Waals surface area contributed by atoms with Gasteiger partial charge in [0.2, 0.25) is 0 Å². The van der Waals surface area contributed by atoms with Gasteiger partial charge in [-0.1, -0.05) is 91.2 Å². The molecule has 39 heavy (non-hydrogen) atoms. The minimum Gasteiger partial charge on any atom is -0.478 e. The van der Waals surface area contributed by atoms with Crippen molar-refractivity contribution in [2.45, 2.75) is 64.2 Å². The van der Waals surface area contributed by atoms with Crippen LogP contribution in [0.2, 0.25) is 0 Å². The quantitative estimate of drug-likeness (QED) is 0.0773. The predicted molar refractivity (Wildman–Crippen MR) is 156 cm³/mol. The van der Waals surface area contributed by atoms with Crippen molar-refractivity contribution in [3.05, 3.63) is 83.9 Å². The van der Waals surface area contributed by atoms with E-state index in [0.29, 0.717) is 17.7 Å². The second-order valence-corrected chi connectivity index (χ2v) is 10.2. The number of unbranched alkanes of at least 4 members (excludes halogenated alkanes) is 8. The molecule has 0 amide bonds. The first kappa shape index (κ1) is 30.1. The number of ether oxygens (including phenoxy) is 2. The third kappa shape index (κ3) is 10.3. The van der Waals surface area contributed by atoms with Crippen LogP contribution in [-0.2, 0) is 4.79 Å². The highest BCUT2D eigenvalue weighted by molar-refractivity contribution is 9.09. The molecular weight excluding hydrogens is 560 g/mol. The maximum Gasteiger partial charge on any atom is 0.343 e. The Bertz CT molecular complexity index is 1210. The van der Waals surface area contributed by atoms with Gasteiger partial charge < -0.3 is 14.6 Å². The largest absolute Gasteiger partial charge is 0.478 e. The monoisotopic (exact) mass is 594 g/mol. The molecule has 0 aromatic heterocycles. The molecule has 0 spiro atoms. The lowest BCUT2D eigenvalue weighted by atomic mass is 10.0. The number of esters is 2. The zero-order valence-corrected chi connectivity index (χ0v) is 23.7. The lowest BCUT2D eigenvalue weighted by molar-refractivity contribution is -0.134. The van der Waals surface area contributed by atoms with Crippen molar-refractivity contribution in [3.8, 4) is 22.6 Å². The Balaban J connectivity index is 1.48. The SMILES string of the molecule is O=C(CCCCCCCCCCCBr)Oc1ccc(C(=O)Oc2cc(C(=O)O)ccc2-c2ccccc2)cc1. The molecule has 0 atom stereocenters. The van der Waals surface area contributed by atoms with E-state index in [9.17, 15) is 19.5 Å². The first-order valence-corrected chi connectivity index (χ1v) is 14.6. The summed E-state index contributed by atoms with van der Waals surface area (Å²) < 4.78 is 11.0. The highest BCUT2D eigenvalue weighted by Crippen LogP contribution is 2.32. The fourth-order valence-corrected chi connectivity index (χ4v) is 4.59. The lowest BCUT2D eigenvalue weighted by Crippen LogP contribution is -2.11. The summed E-state index contributed by atoms with van der Waals surface area (Å²) in [6, 6.07) is 19.8. The van der Waals surface area contributed by atoms with Crippen LogP contribution >= 0.6 is 15.9 Å². The smallest absolute Gasteiger partial charge is 0.343 e. The van der Waals surface area contributed by atoms with Gasteiger partial charge in [0.1, 0.15) is 11.5 Å². The van der Waals surface area contributed by atoms with Crippen LogP contribution in [0.5, 0.6) is 11.5 Å². The zero-order chi connectivity index (χ0) is 27.9. The van der Waals surface area contributed by atoms with Gasteiger partial charge in [-0.3, -0.25) is 4.79 Å². The predicted octanol–water partition coefficient (Wildman–Crippen LogP) is 8.47. The molecule has 0 aliphatic heterocycles. The first-order valence-electron chi connectivity index (χ1n) is 13.5. The molecule has 0 aliphatic carbocycles. The standard InChI is InChI=1S/C32H35BrO6/c33-22-12-7-5-3-1-2-4-6-11-15-30(34)38-27-19-16-25(17-20-27)32(37)39-29-23-26(31(35)36)18-21-28(29)24-13-9-8-10-14-24/h8-10,13-14,16-21,23H,1-7,11-12,15,22H2,(H,35,36). The van der Waals surface area contributed by atoms with Crippen LogP contribution in [0.15, 0.2) is 72.8 Å². The first-order chi connectivity index (χ1) is 19.0. The molecule has 0 unspecified atom stereocenters. The van der Waals surface area contributed by atoms with Gasteiger partial charge in [-0.15, -0.1) is 0 Å². The molecule has 0 heterocycles. The highest BCUT2D eigenvalue weighted by Gasteiger charge is 2.16. The van der Waals surface area contributed by atoms with Gasteiger partial charge in [-0.05, 0) is 60.9 Å². The Morgan fingerprint density at radius 3 is 1.87 bits per heavy atom. The highest BCUT2D eigenvalue weighted by atomic mass is 79.9. The number of carboxylic acids is 1.